The smallest absolute Gasteiger partial charge is 0.338 e. The fraction of sp³-hybridized carbons (Fsp3) is 0.261. The molecule has 2 N–H and O–H groups in total. The van der Waals surface area contributed by atoms with E-state index in [4.69, 9.17) is 15.2 Å². The molecule has 1 aliphatic rings. The molecule has 30 heavy (non-hydrogen) atoms. The minimum absolute atomic E-state index is 0.248. The summed E-state index contributed by atoms with van der Waals surface area (Å²) in [5.41, 5.74) is 8.00. The number of rotatable bonds is 7. The Kier molecular flexibility index (Phi) is 5.91. The second-order valence-electron chi connectivity index (χ2n) is 7.55. The number of nitrogens with zero attached hydrogens (tertiary/aromatic N) is 1. The van der Waals surface area contributed by atoms with Gasteiger partial charge in [-0.05, 0) is 35.9 Å². The Hall–Kier alpha value is -3.61. The summed E-state index contributed by atoms with van der Waals surface area (Å²) in [5, 5.41) is 0. The number of ether oxygens (including phenoxy) is 2. The summed E-state index contributed by atoms with van der Waals surface area (Å²) in [7, 11) is 1.92. The van der Waals surface area contributed by atoms with Crippen molar-refractivity contribution in [3.63, 3.8) is 0 Å². The van der Waals surface area contributed by atoms with E-state index in [1.807, 2.05) is 36.2 Å². The van der Waals surface area contributed by atoms with Crippen LogP contribution in [0.15, 0.2) is 60.3 Å². The minimum Gasteiger partial charge on any atom is -0.484 e. The zero-order valence-electron chi connectivity index (χ0n) is 17.2. The molecule has 0 atom stereocenters. The van der Waals surface area contributed by atoms with Gasteiger partial charge in [0.2, 0.25) is 0 Å². The van der Waals surface area contributed by atoms with Crippen LogP contribution in [0, 0.1) is 0 Å². The lowest BCUT2D eigenvalue weighted by Crippen LogP contribution is -2.25. The van der Waals surface area contributed by atoms with Crippen molar-refractivity contribution in [1.82, 2.24) is 0 Å². The molecule has 156 valence electrons. The van der Waals surface area contributed by atoms with Gasteiger partial charge in [0, 0.05) is 29.9 Å². The molecule has 1 aliphatic heterocycles. The molecule has 0 unspecified atom stereocenters. The molecule has 0 bridgehead atoms. The molecule has 3 rings (SSSR count). The monoisotopic (exact) mass is 408 g/mol. The van der Waals surface area contributed by atoms with Gasteiger partial charge in [0.25, 0.3) is 5.91 Å². The summed E-state index contributed by atoms with van der Waals surface area (Å²) < 4.78 is 10.3. The van der Waals surface area contributed by atoms with Crippen molar-refractivity contribution in [3.05, 3.63) is 71.4 Å². The number of ketones is 1. The van der Waals surface area contributed by atoms with Gasteiger partial charge in [-0.25, -0.2) is 4.79 Å². The van der Waals surface area contributed by atoms with Gasteiger partial charge in [0.1, 0.15) is 5.75 Å². The zero-order chi connectivity index (χ0) is 21.9. The fourth-order valence-electron chi connectivity index (χ4n) is 3.51. The van der Waals surface area contributed by atoms with Crippen LogP contribution >= 0.6 is 0 Å². The number of para-hydroxylation sites is 1. The van der Waals surface area contributed by atoms with Gasteiger partial charge in [0.05, 0.1) is 5.56 Å². The van der Waals surface area contributed by atoms with Crippen molar-refractivity contribution >= 4 is 23.3 Å². The Morgan fingerprint density at radius 2 is 1.70 bits per heavy atom. The molecular weight excluding hydrogens is 384 g/mol. The Balaban J connectivity index is 1.62. The van der Waals surface area contributed by atoms with Crippen molar-refractivity contribution in [2.75, 3.05) is 25.2 Å². The van der Waals surface area contributed by atoms with Gasteiger partial charge < -0.3 is 20.1 Å². The van der Waals surface area contributed by atoms with Crippen LogP contribution in [-0.4, -0.2) is 37.9 Å². The van der Waals surface area contributed by atoms with Gasteiger partial charge in [-0.2, -0.15) is 0 Å². The second-order valence-corrected chi connectivity index (χ2v) is 7.55. The molecule has 0 aliphatic carbocycles. The molecule has 2 aromatic rings. The standard InChI is InChI=1S/C23H24N2O5/c1-23(2)18-6-4-5-7-19(18)25(3)20(23)12-16(26)13-30-22(28)15-8-10-17(11-9-15)29-14-21(24)27/h4-12H,13-14H2,1-3H3,(H2,24,27)/b20-12+. The maximum Gasteiger partial charge on any atom is 0.338 e. The van der Waals surface area contributed by atoms with E-state index >= 15 is 0 Å². The van der Waals surface area contributed by atoms with Crippen LogP contribution in [0.1, 0.15) is 29.8 Å². The average molecular weight is 408 g/mol. The van der Waals surface area contributed by atoms with E-state index in [1.54, 1.807) is 0 Å². The Bertz CT molecular complexity index is 1010. The van der Waals surface area contributed by atoms with Gasteiger partial charge in [0.15, 0.2) is 19.0 Å². The second kappa shape index (κ2) is 8.41. The molecule has 2 aromatic carbocycles. The number of hydrogen-bond donors (Lipinski definition) is 1. The third-order valence-electron chi connectivity index (χ3n) is 5.05. The third kappa shape index (κ3) is 4.35. The number of fused-ring (bicyclic) bond motifs is 1. The Labute approximate surface area is 175 Å². The highest BCUT2D eigenvalue weighted by Gasteiger charge is 2.38. The number of anilines is 1. The molecule has 0 saturated heterocycles. The van der Waals surface area contributed by atoms with Crippen molar-refractivity contribution in [2.45, 2.75) is 19.3 Å². The number of hydrogen-bond acceptors (Lipinski definition) is 6. The van der Waals surface area contributed by atoms with Crippen LogP contribution in [-0.2, 0) is 19.7 Å². The molecule has 7 heteroatoms. The first-order valence-corrected chi connectivity index (χ1v) is 9.46. The predicted octanol–water partition coefficient (Wildman–Crippen LogP) is 2.59. The number of carbonyl (C=O) groups excluding carboxylic acids is 3. The van der Waals surface area contributed by atoms with Crippen molar-refractivity contribution in [3.8, 4) is 5.75 Å². The molecule has 0 aromatic heterocycles. The first-order valence-electron chi connectivity index (χ1n) is 9.46. The summed E-state index contributed by atoms with van der Waals surface area (Å²) >= 11 is 0. The van der Waals surface area contributed by atoms with E-state index in [2.05, 4.69) is 13.8 Å². The van der Waals surface area contributed by atoms with Crippen molar-refractivity contribution in [1.29, 1.82) is 0 Å². The van der Waals surface area contributed by atoms with E-state index in [9.17, 15) is 14.4 Å². The maximum atomic E-state index is 12.5. The number of benzene rings is 2. The van der Waals surface area contributed by atoms with Crippen LogP contribution in [0.5, 0.6) is 5.75 Å². The maximum absolute atomic E-state index is 12.5. The zero-order valence-corrected chi connectivity index (χ0v) is 17.2. The fourth-order valence-corrected chi connectivity index (χ4v) is 3.51. The third-order valence-corrected chi connectivity index (χ3v) is 5.05. The van der Waals surface area contributed by atoms with E-state index < -0.39 is 11.9 Å². The molecular formula is C23H24N2O5. The lowest BCUT2D eigenvalue weighted by Gasteiger charge is -2.23. The van der Waals surface area contributed by atoms with E-state index in [-0.39, 0.29) is 30.0 Å². The topological polar surface area (TPSA) is 98.9 Å². The number of amides is 1. The molecule has 1 heterocycles. The predicted molar refractivity (Wildman–Crippen MR) is 112 cm³/mol. The largest absolute Gasteiger partial charge is 0.484 e. The first kappa shape index (κ1) is 21.1. The lowest BCUT2D eigenvalue weighted by molar-refractivity contribution is -0.120. The summed E-state index contributed by atoms with van der Waals surface area (Å²) in [6.07, 6.45) is 1.54. The molecule has 0 spiro atoms. The molecule has 0 radical (unpaired) electrons. The number of esters is 1. The van der Waals surface area contributed by atoms with Crippen LogP contribution in [0.4, 0.5) is 5.69 Å². The quantitative estimate of drug-likeness (QED) is 0.558. The highest BCUT2D eigenvalue weighted by molar-refractivity contribution is 5.96. The first-order chi connectivity index (χ1) is 14.2. The number of likely N-dealkylation sites (N-methyl/N-ethyl adjacent to an activating group) is 1. The Morgan fingerprint density at radius 3 is 2.33 bits per heavy atom. The lowest BCUT2D eigenvalue weighted by atomic mass is 9.83. The van der Waals surface area contributed by atoms with E-state index in [0.717, 1.165) is 16.9 Å². The van der Waals surface area contributed by atoms with Crippen LogP contribution in [0.3, 0.4) is 0 Å². The van der Waals surface area contributed by atoms with Gasteiger partial charge in [-0.15, -0.1) is 0 Å². The highest BCUT2D eigenvalue weighted by Crippen LogP contribution is 2.46. The summed E-state index contributed by atoms with van der Waals surface area (Å²) in [6.45, 7) is 3.51. The molecule has 0 saturated carbocycles. The van der Waals surface area contributed by atoms with Crippen LogP contribution in [0.25, 0.3) is 0 Å². The minimum atomic E-state index is -0.620. The highest BCUT2D eigenvalue weighted by atomic mass is 16.5. The molecule has 7 nitrogen and oxygen atoms in total. The summed E-state index contributed by atoms with van der Waals surface area (Å²) in [4.78, 5) is 37.4. The number of allylic oxidation sites excluding steroid dienone is 1. The van der Waals surface area contributed by atoms with Gasteiger partial charge in [-0.1, -0.05) is 32.0 Å². The van der Waals surface area contributed by atoms with Crippen LogP contribution in [0.2, 0.25) is 0 Å². The molecule has 0 fully saturated rings. The summed E-state index contributed by atoms with van der Waals surface area (Å²) in [6, 6.07) is 14.0. The number of nitrogens with two attached hydrogens (primary N) is 1. The van der Waals surface area contributed by atoms with E-state index in [0.29, 0.717) is 5.75 Å². The van der Waals surface area contributed by atoms with Crippen molar-refractivity contribution in [2.24, 2.45) is 5.73 Å². The van der Waals surface area contributed by atoms with Crippen molar-refractivity contribution < 1.29 is 23.9 Å². The normalized spacial score (nSPS) is 15.6. The number of carbonyl (C=O) groups is 3. The van der Waals surface area contributed by atoms with Gasteiger partial charge >= 0.3 is 5.97 Å². The average Bonchev–Trinajstić information content (AvgIpc) is 2.92. The number of primary amides is 1. The van der Waals surface area contributed by atoms with Gasteiger partial charge in [-0.3, -0.25) is 9.59 Å². The Morgan fingerprint density at radius 1 is 1.03 bits per heavy atom. The summed E-state index contributed by atoms with van der Waals surface area (Å²) in [5.74, 6) is -1.11. The van der Waals surface area contributed by atoms with Crippen LogP contribution < -0.4 is 15.4 Å². The SMILES string of the molecule is CN1/C(=C/C(=O)COC(=O)c2ccc(OCC(N)=O)cc2)C(C)(C)c2ccccc21. The molecule has 1 amide bonds. The van der Waals surface area contributed by atoms with E-state index in [1.165, 1.54) is 30.3 Å².